The molecule has 7 nitrogen and oxygen atoms in total. The lowest BCUT2D eigenvalue weighted by molar-refractivity contribution is -0.151. The quantitative estimate of drug-likeness (QED) is 0.612. The predicted molar refractivity (Wildman–Crippen MR) is 88.8 cm³/mol. The molecule has 0 saturated heterocycles. The van der Waals surface area contributed by atoms with Gasteiger partial charge in [0.15, 0.2) is 6.10 Å². The second-order valence-electron chi connectivity index (χ2n) is 5.45. The summed E-state index contributed by atoms with van der Waals surface area (Å²) in [7, 11) is -3.73. The summed E-state index contributed by atoms with van der Waals surface area (Å²) in [6.07, 6.45) is -0.142. The molecular formula is C17H17NO6S. The van der Waals surface area contributed by atoms with Gasteiger partial charge in [0.05, 0.1) is 4.90 Å². The Hall–Kier alpha value is -2.58. The van der Waals surface area contributed by atoms with Crippen molar-refractivity contribution in [3.8, 4) is 11.5 Å². The molecule has 8 heteroatoms. The predicted octanol–water partition coefficient (Wildman–Crippen LogP) is 1.26. The molecule has 2 aromatic rings. The van der Waals surface area contributed by atoms with E-state index in [9.17, 15) is 13.2 Å². The number of carbonyl (C=O) groups is 1. The Kier molecular flexibility index (Phi) is 4.91. The molecule has 0 radical (unpaired) electrons. The lowest BCUT2D eigenvalue weighted by atomic mass is 10.1. The first kappa shape index (κ1) is 17.2. The van der Waals surface area contributed by atoms with Crippen molar-refractivity contribution in [1.29, 1.82) is 0 Å². The molecule has 0 amide bonds. The standard InChI is InChI=1S/C17H17NO6S/c18-25(20,21)14-7-5-13(6-8-14)22-9-10-23-17(19)16-11-12-3-1-2-4-15(12)24-16/h1-8,16H,9-11H2,(H2,18,20,21). The van der Waals surface area contributed by atoms with Crippen LogP contribution in [-0.4, -0.2) is 33.7 Å². The van der Waals surface area contributed by atoms with Gasteiger partial charge in [-0.3, -0.25) is 0 Å². The van der Waals surface area contributed by atoms with Gasteiger partial charge in [-0.2, -0.15) is 0 Å². The summed E-state index contributed by atoms with van der Waals surface area (Å²) in [6.45, 7) is 0.201. The van der Waals surface area contributed by atoms with E-state index >= 15 is 0 Å². The molecule has 0 aliphatic carbocycles. The number of fused-ring (bicyclic) bond motifs is 1. The molecule has 2 N–H and O–H groups in total. The molecule has 1 aliphatic rings. The SMILES string of the molecule is NS(=O)(=O)c1ccc(OCCOC(=O)C2Cc3ccccc3O2)cc1. The Morgan fingerprint density at radius 3 is 2.52 bits per heavy atom. The van der Waals surface area contributed by atoms with Crippen LogP contribution in [0, 0.1) is 0 Å². The van der Waals surface area contributed by atoms with E-state index in [4.69, 9.17) is 19.3 Å². The molecule has 1 aliphatic heterocycles. The minimum atomic E-state index is -3.73. The minimum Gasteiger partial charge on any atom is -0.490 e. The molecule has 1 heterocycles. The van der Waals surface area contributed by atoms with Crippen LogP contribution < -0.4 is 14.6 Å². The van der Waals surface area contributed by atoms with Crippen LogP contribution >= 0.6 is 0 Å². The number of hydrogen-bond donors (Lipinski definition) is 1. The van der Waals surface area contributed by atoms with Crippen molar-refractivity contribution in [2.24, 2.45) is 5.14 Å². The van der Waals surface area contributed by atoms with Crippen LogP contribution in [-0.2, 0) is 26.0 Å². The van der Waals surface area contributed by atoms with Crippen molar-refractivity contribution in [1.82, 2.24) is 0 Å². The summed E-state index contributed by atoms with van der Waals surface area (Å²) in [5.41, 5.74) is 0.982. The summed E-state index contributed by atoms with van der Waals surface area (Å²) in [4.78, 5) is 12.0. The van der Waals surface area contributed by atoms with Crippen LogP contribution in [0.2, 0.25) is 0 Å². The van der Waals surface area contributed by atoms with Gasteiger partial charge in [-0.15, -0.1) is 0 Å². The van der Waals surface area contributed by atoms with Gasteiger partial charge < -0.3 is 14.2 Å². The summed E-state index contributed by atoms with van der Waals surface area (Å²) in [5.74, 6) is 0.716. The van der Waals surface area contributed by atoms with Crippen LogP contribution in [0.1, 0.15) is 5.56 Å². The van der Waals surface area contributed by atoms with Gasteiger partial charge in [-0.1, -0.05) is 18.2 Å². The number of benzene rings is 2. The molecular weight excluding hydrogens is 346 g/mol. The smallest absolute Gasteiger partial charge is 0.347 e. The first-order valence-electron chi connectivity index (χ1n) is 7.60. The zero-order valence-corrected chi connectivity index (χ0v) is 14.1. The van der Waals surface area contributed by atoms with Gasteiger partial charge in [0, 0.05) is 6.42 Å². The van der Waals surface area contributed by atoms with E-state index in [0.29, 0.717) is 17.9 Å². The third-order valence-electron chi connectivity index (χ3n) is 3.66. The fourth-order valence-corrected chi connectivity index (χ4v) is 2.95. The first-order valence-corrected chi connectivity index (χ1v) is 9.15. The van der Waals surface area contributed by atoms with Gasteiger partial charge in [0.25, 0.3) is 0 Å². The van der Waals surface area contributed by atoms with E-state index in [2.05, 4.69) is 0 Å². The van der Waals surface area contributed by atoms with E-state index in [1.54, 1.807) is 0 Å². The Bertz CT molecular complexity index is 838. The summed E-state index contributed by atoms with van der Waals surface area (Å²) < 4.78 is 38.4. The average Bonchev–Trinajstić information content (AvgIpc) is 3.02. The highest BCUT2D eigenvalue weighted by atomic mass is 32.2. The second kappa shape index (κ2) is 7.12. The van der Waals surface area contributed by atoms with E-state index < -0.39 is 22.1 Å². The fourth-order valence-electron chi connectivity index (χ4n) is 2.43. The zero-order chi connectivity index (χ0) is 17.9. The molecule has 0 aromatic heterocycles. The van der Waals surface area contributed by atoms with Gasteiger partial charge in [-0.25, -0.2) is 18.4 Å². The topological polar surface area (TPSA) is 105 Å². The Morgan fingerprint density at radius 2 is 1.84 bits per heavy atom. The number of para-hydroxylation sites is 1. The molecule has 1 atom stereocenters. The maximum atomic E-state index is 12.0. The first-order chi connectivity index (χ1) is 11.9. The van der Waals surface area contributed by atoms with Crippen molar-refractivity contribution >= 4 is 16.0 Å². The molecule has 0 spiro atoms. The largest absolute Gasteiger partial charge is 0.490 e. The van der Waals surface area contributed by atoms with Crippen LogP contribution in [0.4, 0.5) is 0 Å². The van der Waals surface area contributed by atoms with Crippen molar-refractivity contribution in [3.63, 3.8) is 0 Å². The monoisotopic (exact) mass is 363 g/mol. The summed E-state index contributed by atoms with van der Waals surface area (Å²) in [5, 5.41) is 5.02. The summed E-state index contributed by atoms with van der Waals surface area (Å²) >= 11 is 0. The number of nitrogens with two attached hydrogens (primary N) is 1. The minimum absolute atomic E-state index is 0.00391. The molecule has 0 fully saturated rings. The van der Waals surface area contributed by atoms with Gasteiger partial charge in [0.2, 0.25) is 10.0 Å². The number of hydrogen-bond acceptors (Lipinski definition) is 6. The maximum Gasteiger partial charge on any atom is 0.347 e. The van der Waals surface area contributed by atoms with E-state index in [-0.39, 0.29) is 18.1 Å². The number of esters is 1. The van der Waals surface area contributed by atoms with Crippen molar-refractivity contribution < 1.29 is 27.4 Å². The number of sulfonamides is 1. The molecule has 0 bridgehead atoms. The third-order valence-corrected chi connectivity index (χ3v) is 4.59. The van der Waals surface area contributed by atoms with Crippen molar-refractivity contribution in [2.45, 2.75) is 17.4 Å². The van der Waals surface area contributed by atoms with Gasteiger partial charge in [-0.05, 0) is 35.9 Å². The number of rotatable bonds is 6. The fraction of sp³-hybridized carbons (Fsp3) is 0.235. The molecule has 3 rings (SSSR count). The normalized spacial score (nSPS) is 16.0. The summed E-state index contributed by atoms with van der Waals surface area (Å²) in [6, 6.07) is 13.1. The van der Waals surface area contributed by atoms with Crippen LogP contribution in [0.15, 0.2) is 53.4 Å². The van der Waals surface area contributed by atoms with Crippen LogP contribution in [0.25, 0.3) is 0 Å². The van der Waals surface area contributed by atoms with Crippen molar-refractivity contribution in [2.75, 3.05) is 13.2 Å². The van der Waals surface area contributed by atoms with E-state index in [1.807, 2.05) is 24.3 Å². The van der Waals surface area contributed by atoms with E-state index in [0.717, 1.165) is 5.56 Å². The number of primary sulfonamides is 1. The highest BCUT2D eigenvalue weighted by Crippen LogP contribution is 2.28. The third kappa shape index (κ3) is 4.28. The molecule has 132 valence electrons. The number of carbonyl (C=O) groups excluding carboxylic acids is 1. The second-order valence-corrected chi connectivity index (χ2v) is 7.01. The maximum absolute atomic E-state index is 12.0. The molecule has 25 heavy (non-hydrogen) atoms. The highest BCUT2D eigenvalue weighted by molar-refractivity contribution is 7.89. The number of ether oxygens (including phenoxy) is 3. The highest BCUT2D eigenvalue weighted by Gasteiger charge is 2.29. The molecule has 2 aromatic carbocycles. The lowest BCUT2D eigenvalue weighted by Crippen LogP contribution is -2.28. The Balaban J connectivity index is 1.42. The van der Waals surface area contributed by atoms with Gasteiger partial charge >= 0.3 is 5.97 Å². The van der Waals surface area contributed by atoms with Crippen molar-refractivity contribution in [3.05, 3.63) is 54.1 Å². The van der Waals surface area contributed by atoms with Crippen LogP contribution in [0.3, 0.4) is 0 Å². The van der Waals surface area contributed by atoms with Crippen LogP contribution in [0.5, 0.6) is 11.5 Å². The average molecular weight is 363 g/mol. The van der Waals surface area contributed by atoms with Gasteiger partial charge in [0.1, 0.15) is 24.7 Å². The van der Waals surface area contributed by atoms with E-state index in [1.165, 1.54) is 24.3 Å². The lowest BCUT2D eigenvalue weighted by Gasteiger charge is -2.11. The molecule has 0 saturated carbocycles. The molecule has 1 unspecified atom stereocenters. The Labute approximate surface area is 145 Å². The Morgan fingerprint density at radius 1 is 1.12 bits per heavy atom. The zero-order valence-electron chi connectivity index (χ0n) is 13.3.